The molecule has 1 aliphatic carbocycles. The number of aryl methyl sites for hydroxylation is 1. The van der Waals surface area contributed by atoms with Crippen LogP contribution < -0.4 is 15.5 Å². The van der Waals surface area contributed by atoms with Gasteiger partial charge in [0.2, 0.25) is 5.95 Å². The third-order valence-electron chi connectivity index (χ3n) is 5.85. The molecule has 168 valence electrons. The third kappa shape index (κ3) is 4.79. The van der Waals surface area contributed by atoms with Gasteiger partial charge in [-0.2, -0.15) is 4.98 Å². The van der Waals surface area contributed by atoms with E-state index >= 15 is 0 Å². The highest BCUT2D eigenvalue weighted by Crippen LogP contribution is 2.28. The Labute approximate surface area is 186 Å². The summed E-state index contributed by atoms with van der Waals surface area (Å²) in [4.78, 5) is 23.1. The number of hydrogen-bond donors (Lipinski definition) is 2. The Morgan fingerprint density at radius 1 is 0.969 bits per heavy atom. The first-order valence-corrected chi connectivity index (χ1v) is 10.8. The summed E-state index contributed by atoms with van der Waals surface area (Å²) < 4.78 is 27.5. The molecule has 8 heteroatoms. The number of benzene rings is 2. The Morgan fingerprint density at radius 3 is 2.25 bits per heavy atom. The molecular weight excluding hydrogens is 412 g/mol. The first-order valence-electron chi connectivity index (χ1n) is 10.8. The fraction of sp³-hybridized carbons (Fsp3) is 0.375. The number of halogens is 2. The average molecular weight is 440 g/mol. The smallest absolute Gasteiger partial charge is 0.251 e. The molecule has 1 fully saturated rings. The highest BCUT2D eigenvalue weighted by Gasteiger charge is 2.24. The fourth-order valence-electron chi connectivity index (χ4n) is 4.05. The minimum absolute atomic E-state index is 0.0517. The number of nitrogens with one attached hydrogen (secondary N) is 2. The number of aromatic nitrogens is 2. The van der Waals surface area contributed by atoms with Crippen molar-refractivity contribution in [2.45, 2.75) is 44.7 Å². The van der Waals surface area contributed by atoms with Crippen molar-refractivity contribution in [3.05, 3.63) is 59.2 Å². The molecule has 1 amide bonds. The second-order valence-electron chi connectivity index (χ2n) is 8.58. The van der Waals surface area contributed by atoms with E-state index in [2.05, 4.69) is 20.6 Å². The van der Waals surface area contributed by atoms with E-state index in [0.717, 1.165) is 43.4 Å². The van der Waals surface area contributed by atoms with Crippen LogP contribution in [0.1, 0.15) is 41.6 Å². The molecule has 4 rings (SSSR count). The van der Waals surface area contributed by atoms with Crippen molar-refractivity contribution in [1.82, 2.24) is 15.3 Å². The van der Waals surface area contributed by atoms with Gasteiger partial charge in [0, 0.05) is 43.2 Å². The molecule has 1 saturated carbocycles. The lowest BCUT2D eigenvalue weighted by Crippen LogP contribution is -2.40. The second kappa shape index (κ2) is 9.06. The number of nitrogens with zero attached hydrogens (tertiary/aromatic N) is 3. The SMILES string of the molecule is Cc1ccc(C(=O)NC2CCC(Nc3nc(N(C)C)c4cc(F)c(F)cc4n3)CC2)cc1. The van der Waals surface area contributed by atoms with Gasteiger partial charge in [0.25, 0.3) is 5.91 Å². The van der Waals surface area contributed by atoms with Gasteiger partial charge in [0.1, 0.15) is 5.82 Å². The molecule has 6 nitrogen and oxygen atoms in total. The number of rotatable bonds is 5. The summed E-state index contributed by atoms with van der Waals surface area (Å²) in [5, 5.41) is 6.91. The summed E-state index contributed by atoms with van der Waals surface area (Å²) >= 11 is 0. The Bertz CT molecular complexity index is 1130. The zero-order chi connectivity index (χ0) is 22.8. The molecule has 1 aliphatic rings. The largest absolute Gasteiger partial charge is 0.362 e. The van der Waals surface area contributed by atoms with Gasteiger partial charge in [0.15, 0.2) is 11.6 Å². The van der Waals surface area contributed by atoms with Crippen molar-refractivity contribution in [3.63, 3.8) is 0 Å². The van der Waals surface area contributed by atoms with Gasteiger partial charge in [0.05, 0.1) is 5.52 Å². The molecule has 0 bridgehead atoms. The van der Waals surface area contributed by atoms with E-state index in [0.29, 0.717) is 28.2 Å². The molecule has 3 aromatic rings. The van der Waals surface area contributed by atoms with Gasteiger partial charge in [-0.3, -0.25) is 4.79 Å². The van der Waals surface area contributed by atoms with Gasteiger partial charge >= 0.3 is 0 Å². The van der Waals surface area contributed by atoms with E-state index in [1.807, 2.05) is 31.2 Å². The first kappa shape index (κ1) is 21.9. The lowest BCUT2D eigenvalue weighted by Gasteiger charge is -2.30. The van der Waals surface area contributed by atoms with E-state index in [4.69, 9.17) is 0 Å². The van der Waals surface area contributed by atoms with Gasteiger partial charge < -0.3 is 15.5 Å². The van der Waals surface area contributed by atoms with Crippen molar-refractivity contribution < 1.29 is 13.6 Å². The number of amides is 1. The summed E-state index contributed by atoms with van der Waals surface area (Å²) in [5.74, 6) is -0.994. The predicted octanol–water partition coefficient (Wildman–Crippen LogP) is 4.44. The van der Waals surface area contributed by atoms with Crippen LogP contribution >= 0.6 is 0 Å². The van der Waals surface area contributed by atoms with Crippen molar-refractivity contribution in [1.29, 1.82) is 0 Å². The molecule has 2 aromatic carbocycles. The standard InChI is InChI=1S/C24H27F2N5O/c1-14-4-6-15(7-5-14)23(32)27-16-8-10-17(11-9-16)28-24-29-21-13-20(26)19(25)12-18(21)22(30-24)31(2)3/h4-7,12-13,16-17H,8-11H2,1-3H3,(H,27,32)(H,28,29,30). The van der Waals surface area contributed by atoms with Gasteiger partial charge in [-0.15, -0.1) is 0 Å². The topological polar surface area (TPSA) is 70.2 Å². The quantitative estimate of drug-likeness (QED) is 0.615. The maximum atomic E-state index is 13.8. The Kier molecular flexibility index (Phi) is 6.21. The highest BCUT2D eigenvalue weighted by atomic mass is 19.2. The lowest BCUT2D eigenvalue weighted by molar-refractivity contribution is 0.0926. The van der Waals surface area contributed by atoms with Crippen molar-refractivity contribution in [2.24, 2.45) is 0 Å². The van der Waals surface area contributed by atoms with Crippen LogP contribution in [0.5, 0.6) is 0 Å². The molecule has 2 N–H and O–H groups in total. The van der Waals surface area contributed by atoms with E-state index < -0.39 is 11.6 Å². The van der Waals surface area contributed by atoms with Crippen LogP contribution in [0.3, 0.4) is 0 Å². The molecule has 0 radical (unpaired) electrons. The zero-order valence-corrected chi connectivity index (χ0v) is 18.5. The number of hydrogen-bond acceptors (Lipinski definition) is 5. The van der Waals surface area contributed by atoms with Crippen molar-refractivity contribution >= 4 is 28.6 Å². The molecular formula is C24H27F2N5O. The Balaban J connectivity index is 1.41. The zero-order valence-electron chi connectivity index (χ0n) is 18.5. The molecule has 0 aliphatic heterocycles. The molecule has 0 saturated heterocycles. The van der Waals surface area contributed by atoms with E-state index in [-0.39, 0.29) is 18.0 Å². The minimum Gasteiger partial charge on any atom is -0.362 e. The number of anilines is 2. The summed E-state index contributed by atoms with van der Waals surface area (Å²) in [5.41, 5.74) is 2.14. The van der Waals surface area contributed by atoms with Crippen LogP contribution in [-0.4, -0.2) is 42.1 Å². The molecule has 0 atom stereocenters. The summed E-state index contributed by atoms with van der Waals surface area (Å²) in [7, 11) is 3.60. The van der Waals surface area contributed by atoms with Crippen molar-refractivity contribution in [3.8, 4) is 0 Å². The molecule has 32 heavy (non-hydrogen) atoms. The monoisotopic (exact) mass is 439 g/mol. The van der Waals surface area contributed by atoms with Crippen LogP contribution in [0.2, 0.25) is 0 Å². The van der Waals surface area contributed by atoms with Crippen molar-refractivity contribution in [2.75, 3.05) is 24.3 Å². The molecule has 0 spiro atoms. The van der Waals surface area contributed by atoms with Crippen LogP contribution in [-0.2, 0) is 0 Å². The molecule has 1 heterocycles. The van der Waals surface area contributed by atoms with E-state index in [1.54, 1.807) is 19.0 Å². The average Bonchev–Trinajstić information content (AvgIpc) is 2.76. The van der Waals surface area contributed by atoms with E-state index in [9.17, 15) is 13.6 Å². The van der Waals surface area contributed by atoms with Gasteiger partial charge in [-0.25, -0.2) is 13.8 Å². The van der Waals surface area contributed by atoms with Gasteiger partial charge in [-0.1, -0.05) is 17.7 Å². The minimum atomic E-state index is -0.934. The number of carbonyl (C=O) groups is 1. The third-order valence-corrected chi connectivity index (χ3v) is 5.85. The van der Waals surface area contributed by atoms with E-state index in [1.165, 1.54) is 0 Å². The lowest BCUT2D eigenvalue weighted by atomic mass is 9.91. The predicted molar refractivity (Wildman–Crippen MR) is 122 cm³/mol. The fourth-order valence-corrected chi connectivity index (χ4v) is 4.05. The van der Waals surface area contributed by atoms with Gasteiger partial charge in [-0.05, 0) is 50.8 Å². The number of fused-ring (bicyclic) bond motifs is 1. The summed E-state index contributed by atoms with van der Waals surface area (Å²) in [6, 6.07) is 10.0. The van der Waals surface area contributed by atoms with Crippen LogP contribution in [0.25, 0.3) is 10.9 Å². The second-order valence-corrected chi connectivity index (χ2v) is 8.58. The first-order chi connectivity index (χ1) is 15.3. The molecule has 0 unspecified atom stereocenters. The Hall–Kier alpha value is -3.29. The normalized spacial score (nSPS) is 18.4. The van der Waals surface area contributed by atoms with Crippen LogP contribution in [0.15, 0.2) is 36.4 Å². The maximum Gasteiger partial charge on any atom is 0.251 e. The highest BCUT2D eigenvalue weighted by molar-refractivity contribution is 5.94. The van der Waals surface area contributed by atoms with Crippen LogP contribution in [0, 0.1) is 18.6 Å². The number of carbonyl (C=O) groups excluding carboxylic acids is 1. The van der Waals surface area contributed by atoms with Crippen LogP contribution in [0.4, 0.5) is 20.5 Å². The summed E-state index contributed by atoms with van der Waals surface area (Å²) in [6.07, 6.45) is 3.36. The molecule has 1 aromatic heterocycles. The maximum absolute atomic E-state index is 13.8. The summed E-state index contributed by atoms with van der Waals surface area (Å²) in [6.45, 7) is 1.99. The Morgan fingerprint density at radius 2 is 1.59 bits per heavy atom.